The monoisotopic (exact) mass is 125 g/mol. The van der Waals surface area contributed by atoms with Crippen molar-refractivity contribution in [2.24, 2.45) is 0 Å². The summed E-state index contributed by atoms with van der Waals surface area (Å²) < 4.78 is 0. The van der Waals surface area contributed by atoms with Crippen LogP contribution in [-0.4, -0.2) is 13.1 Å². The number of nitrogens with one attached hydrogen (secondary N) is 1. The van der Waals surface area contributed by atoms with Crippen LogP contribution in [-0.2, 0) is 0 Å². The van der Waals surface area contributed by atoms with E-state index in [-0.39, 0.29) is 0 Å². The third kappa shape index (κ3) is 7.44. The molecule has 0 aliphatic carbocycles. The van der Waals surface area contributed by atoms with Gasteiger partial charge in [0.05, 0.1) is 0 Å². The molecule has 0 unspecified atom stereocenters. The van der Waals surface area contributed by atoms with Gasteiger partial charge >= 0.3 is 0 Å². The van der Waals surface area contributed by atoms with Crippen LogP contribution < -0.4 is 5.32 Å². The molecule has 0 spiro atoms. The van der Waals surface area contributed by atoms with Crippen molar-refractivity contribution in [3.63, 3.8) is 0 Å². The minimum absolute atomic E-state index is 0.958. The minimum Gasteiger partial charge on any atom is -0.313 e. The second-order valence-electron chi connectivity index (χ2n) is 1.87. The fraction of sp³-hybridized carbons (Fsp3) is 0.500. The van der Waals surface area contributed by atoms with Gasteiger partial charge in [-0.15, -0.1) is 0 Å². The average Bonchev–Trinajstić information content (AvgIpc) is 1.89. The summed E-state index contributed by atoms with van der Waals surface area (Å²) in [7, 11) is 0. The Morgan fingerprint density at radius 2 is 2.33 bits per heavy atom. The van der Waals surface area contributed by atoms with Gasteiger partial charge in [0, 0.05) is 6.54 Å². The lowest BCUT2D eigenvalue weighted by molar-refractivity contribution is 0.729. The molecule has 0 saturated carbocycles. The van der Waals surface area contributed by atoms with Gasteiger partial charge < -0.3 is 5.32 Å². The third-order valence-electron chi connectivity index (χ3n) is 0.961. The molecule has 0 amide bonds. The van der Waals surface area contributed by atoms with E-state index in [1.54, 1.807) is 6.08 Å². The van der Waals surface area contributed by atoms with E-state index in [2.05, 4.69) is 24.9 Å². The van der Waals surface area contributed by atoms with E-state index < -0.39 is 0 Å². The summed E-state index contributed by atoms with van der Waals surface area (Å²) in [6, 6.07) is 0. The van der Waals surface area contributed by atoms with Crippen LogP contribution in [0, 0.1) is 0 Å². The lowest BCUT2D eigenvalue weighted by atomic mass is 10.4. The van der Waals surface area contributed by atoms with Crippen LogP contribution in [0.1, 0.15) is 13.3 Å². The number of hydrogen-bond donors (Lipinski definition) is 1. The Bertz CT molecular complexity index is 84.6. The molecule has 0 aromatic heterocycles. The predicted octanol–water partition coefficient (Wildman–Crippen LogP) is 1.73. The highest BCUT2D eigenvalue weighted by molar-refractivity contribution is 4.97. The van der Waals surface area contributed by atoms with Crippen molar-refractivity contribution >= 4 is 0 Å². The van der Waals surface area contributed by atoms with Gasteiger partial charge in [0.2, 0.25) is 0 Å². The van der Waals surface area contributed by atoms with Gasteiger partial charge in [-0.25, -0.2) is 0 Å². The molecule has 0 heterocycles. The molecule has 0 aliphatic rings. The number of rotatable bonds is 5. The van der Waals surface area contributed by atoms with Crippen molar-refractivity contribution in [2.45, 2.75) is 13.3 Å². The summed E-state index contributed by atoms with van der Waals surface area (Å²) in [6.07, 6.45) is 6.99. The zero-order chi connectivity index (χ0) is 6.95. The maximum Gasteiger partial charge on any atom is 0.0137 e. The van der Waals surface area contributed by atoms with Gasteiger partial charge in [-0.1, -0.05) is 31.7 Å². The van der Waals surface area contributed by atoms with Crippen molar-refractivity contribution < 1.29 is 0 Å². The molecule has 0 atom stereocenters. The fourth-order valence-electron chi connectivity index (χ4n) is 0.526. The van der Waals surface area contributed by atoms with Gasteiger partial charge in [-0.05, 0) is 13.0 Å². The molecule has 0 fully saturated rings. The average molecular weight is 125 g/mol. The van der Waals surface area contributed by atoms with Crippen LogP contribution >= 0.6 is 0 Å². The van der Waals surface area contributed by atoms with E-state index in [4.69, 9.17) is 0 Å². The van der Waals surface area contributed by atoms with Crippen LogP contribution in [0.2, 0.25) is 0 Å². The molecule has 9 heavy (non-hydrogen) atoms. The van der Waals surface area contributed by atoms with Crippen LogP contribution in [0.5, 0.6) is 0 Å². The summed E-state index contributed by atoms with van der Waals surface area (Å²) in [4.78, 5) is 0. The number of hydrogen-bond acceptors (Lipinski definition) is 1. The summed E-state index contributed by atoms with van der Waals surface area (Å²) in [5.41, 5.74) is 0. The van der Waals surface area contributed by atoms with E-state index in [1.807, 2.05) is 6.08 Å². The first-order chi connectivity index (χ1) is 4.41. The Kier molecular flexibility index (Phi) is 6.98. The van der Waals surface area contributed by atoms with E-state index >= 15 is 0 Å². The summed E-state index contributed by atoms with van der Waals surface area (Å²) >= 11 is 0. The predicted molar refractivity (Wildman–Crippen MR) is 42.5 cm³/mol. The molecule has 1 heteroatoms. The lowest BCUT2D eigenvalue weighted by Crippen LogP contribution is -2.13. The standard InChI is InChI=1S/C8H15N/c1-3-5-6-8-9-7-4-2/h3,5-6,9H,1,4,7-8H2,2H3/b6-5+. The Morgan fingerprint density at radius 1 is 1.56 bits per heavy atom. The maximum absolute atomic E-state index is 3.56. The zero-order valence-electron chi connectivity index (χ0n) is 6.06. The van der Waals surface area contributed by atoms with Gasteiger partial charge in [-0.2, -0.15) is 0 Å². The first kappa shape index (κ1) is 8.44. The molecule has 0 aliphatic heterocycles. The maximum atomic E-state index is 3.56. The summed E-state index contributed by atoms with van der Waals surface area (Å²) in [6.45, 7) is 7.78. The van der Waals surface area contributed by atoms with Crippen molar-refractivity contribution in [3.05, 3.63) is 24.8 Å². The van der Waals surface area contributed by atoms with E-state index in [0.717, 1.165) is 13.1 Å². The lowest BCUT2D eigenvalue weighted by Gasteiger charge is -1.94. The Morgan fingerprint density at radius 3 is 2.89 bits per heavy atom. The first-order valence-corrected chi connectivity index (χ1v) is 3.40. The normalized spacial score (nSPS) is 10.3. The molecule has 52 valence electrons. The highest BCUT2D eigenvalue weighted by Crippen LogP contribution is 1.72. The second kappa shape index (κ2) is 7.44. The molecule has 0 rings (SSSR count). The molecule has 0 aromatic rings. The van der Waals surface area contributed by atoms with Gasteiger partial charge in [0.1, 0.15) is 0 Å². The number of allylic oxidation sites excluding steroid dienone is 2. The highest BCUT2D eigenvalue weighted by Gasteiger charge is 1.75. The zero-order valence-corrected chi connectivity index (χ0v) is 6.06. The molecular weight excluding hydrogens is 110 g/mol. The molecule has 1 nitrogen and oxygen atoms in total. The summed E-state index contributed by atoms with van der Waals surface area (Å²) in [5.74, 6) is 0. The van der Waals surface area contributed by atoms with Crippen LogP contribution in [0.25, 0.3) is 0 Å². The van der Waals surface area contributed by atoms with Crippen molar-refractivity contribution in [1.82, 2.24) is 5.32 Å². The SMILES string of the molecule is C=C/C=C/CNCCC. The summed E-state index contributed by atoms with van der Waals surface area (Å²) in [5, 5.41) is 3.24. The van der Waals surface area contributed by atoms with E-state index in [0.29, 0.717) is 0 Å². The molecule has 0 bridgehead atoms. The first-order valence-electron chi connectivity index (χ1n) is 3.40. The Balaban J connectivity index is 2.90. The highest BCUT2D eigenvalue weighted by atomic mass is 14.8. The van der Waals surface area contributed by atoms with Gasteiger partial charge in [-0.3, -0.25) is 0 Å². The largest absolute Gasteiger partial charge is 0.313 e. The van der Waals surface area contributed by atoms with Crippen LogP contribution in [0.15, 0.2) is 24.8 Å². The quantitative estimate of drug-likeness (QED) is 0.436. The van der Waals surface area contributed by atoms with E-state index in [1.165, 1.54) is 6.42 Å². The smallest absolute Gasteiger partial charge is 0.0137 e. The molecule has 0 saturated heterocycles. The molecular formula is C8H15N. The second-order valence-corrected chi connectivity index (χ2v) is 1.87. The van der Waals surface area contributed by atoms with Crippen molar-refractivity contribution in [2.75, 3.05) is 13.1 Å². The van der Waals surface area contributed by atoms with E-state index in [9.17, 15) is 0 Å². The van der Waals surface area contributed by atoms with Crippen LogP contribution in [0.3, 0.4) is 0 Å². The fourth-order valence-corrected chi connectivity index (χ4v) is 0.526. The molecule has 0 aromatic carbocycles. The van der Waals surface area contributed by atoms with Crippen molar-refractivity contribution in [1.29, 1.82) is 0 Å². The minimum atomic E-state index is 0.958. The third-order valence-corrected chi connectivity index (χ3v) is 0.961. The van der Waals surface area contributed by atoms with Crippen LogP contribution in [0.4, 0.5) is 0 Å². The molecule has 0 radical (unpaired) electrons. The Hall–Kier alpha value is -0.560. The Labute approximate surface area is 57.5 Å². The van der Waals surface area contributed by atoms with Gasteiger partial charge in [0.15, 0.2) is 0 Å². The van der Waals surface area contributed by atoms with Gasteiger partial charge in [0.25, 0.3) is 0 Å². The van der Waals surface area contributed by atoms with Crippen molar-refractivity contribution in [3.8, 4) is 0 Å². The topological polar surface area (TPSA) is 12.0 Å². The molecule has 1 N–H and O–H groups in total.